The lowest BCUT2D eigenvalue weighted by Crippen LogP contribution is -2.37. The predicted octanol–water partition coefficient (Wildman–Crippen LogP) is 5.70. The molecule has 0 spiro atoms. The number of nitrogens with zero attached hydrogens (tertiary/aromatic N) is 3. The third kappa shape index (κ3) is 4.76. The van der Waals surface area contributed by atoms with Crippen LogP contribution in [0.15, 0.2) is 100 Å². The van der Waals surface area contributed by atoms with Crippen LogP contribution in [0.3, 0.4) is 0 Å². The first-order valence-corrected chi connectivity index (χ1v) is 12.0. The largest absolute Gasteiger partial charge is 0.497 e. The molecule has 37 heavy (non-hydrogen) atoms. The highest BCUT2D eigenvalue weighted by molar-refractivity contribution is 5.94. The van der Waals surface area contributed by atoms with E-state index in [2.05, 4.69) is 0 Å². The third-order valence-electron chi connectivity index (χ3n) is 6.41. The Morgan fingerprint density at radius 2 is 1.81 bits per heavy atom. The Kier molecular flexibility index (Phi) is 6.60. The number of carbonyl (C=O) groups is 1. The average molecular weight is 494 g/mol. The minimum Gasteiger partial charge on any atom is -0.497 e. The zero-order valence-electron chi connectivity index (χ0n) is 20.9. The molecule has 2 aromatic heterocycles. The van der Waals surface area contributed by atoms with Crippen LogP contribution in [0.1, 0.15) is 40.5 Å². The lowest BCUT2D eigenvalue weighted by Gasteiger charge is -2.30. The van der Waals surface area contributed by atoms with Gasteiger partial charge in [-0.2, -0.15) is 0 Å². The Hall–Kier alpha value is -4.65. The lowest BCUT2D eigenvalue weighted by atomic mass is 10.1. The number of amides is 1. The first-order valence-electron chi connectivity index (χ1n) is 12.0. The Labute approximate surface area is 214 Å². The van der Waals surface area contributed by atoms with Crippen molar-refractivity contribution in [3.63, 3.8) is 0 Å². The van der Waals surface area contributed by atoms with Crippen molar-refractivity contribution in [3.8, 4) is 11.4 Å². The van der Waals surface area contributed by atoms with Crippen LogP contribution >= 0.6 is 0 Å². The molecule has 1 unspecified atom stereocenters. The molecule has 7 nitrogen and oxygen atoms in total. The molecule has 5 aromatic rings. The summed E-state index contributed by atoms with van der Waals surface area (Å²) in [4.78, 5) is 34.3. The third-order valence-corrected chi connectivity index (χ3v) is 6.41. The van der Waals surface area contributed by atoms with Gasteiger partial charge in [0, 0.05) is 5.56 Å². The van der Waals surface area contributed by atoms with Crippen LogP contribution in [0.25, 0.3) is 16.6 Å². The molecule has 2 heterocycles. The summed E-state index contributed by atoms with van der Waals surface area (Å²) in [7, 11) is 1.58. The summed E-state index contributed by atoms with van der Waals surface area (Å²) >= 11 is 0. The van der Waals surface area contributed by atoms with Gasteiger partial charge in [-0.25, -0.2) is 4.98 Å². The molecule has 0 saturated heterocycles. The highest BCUT2D eigenvalue weighted by atomic mass is 16.5. The molecule has 5 rings (SSSR count). The monoisotopic (exact) mass is 493 g/mol. The Balaban J connectivity index is 1.68. The smallest absolute Gasteiger partial charge is 0.266 e. The number of aryl methyl sites for hydroxylation is 1. The fourth-order valence-corrected chi connectivity index (χ4v) is 4.44. The molecule has 186 valence electrons. The molecule has 0 radical (unpaired) electrons. The van der Waals surface area contributed by atoms with Crippen LogP contribution in [-0.4, -0.2) is 27.5 Å². The second kappa shape index (κ2) is 10.1. The van der Waals surface area contributed by atoms with Gasteiger partial charge in [0.1, 0.15) is 17.3 Å². The van der Waals surface area contributed by atoms with Crippen LogP contribution in [0.4, 0.5) is 0 Å². The van der Waals surface area contributed by atoms with Crippen molar-refractivity contribution in [1.82, 2.24) is 14.5 Å². The van der Waals surface area contributed by atoms with E-state index in [0.717, 1.165) is 5.56 Å². The van der Waals surface area contributed by atoms with Gasteiger partial charge in [0.2, 0.25) is 0 Å². The summed E-state index contributed by atoms with van der Waals surface area (Å²) in [5.41, 5.74) is 2.59. The van der Waals surface area contributed by atoms with E-state index >= 15 is 0 Å². The van der Waals surface area contributed by atoms with Gasteiger partial charge in [-0.05, 0) is 80.1 Å². The van der Waals surface area contributed by atoms with Crippen LogP contribution in [0.2, 0.25) is 0 Å². The van der Waals surface area contributed by atoms with Crippen molar-refractivity contribution in [2.24, 2.45) is 0 Å². The Morgan fingerprint density at radius 1 is 1.03 bits per heavy atom. The van der Waals surface area contributed by atoms with E-state index in [9.17, 15) is 9.59 Å². The van der Waals surface area contributed by atoms with Crippen molar-refractivity contribution >= 4 is 16.8 Å². The number of rotatable bonds is 7. The van der Waals surface area contributed by atoms with E-state index in [-0.39, 0.29) is 18.0 Å². The first kappa shape index (κ1) is 24.1. The minimum absolute atomic E-state index is 0.187. The number of carbonyl (C=O) groups excluding carboxylic acids is 1. The molecule has 1 atom stereocenters. The van der Waals surface area contributed by atoms with Gasteiger partial charge < -0.3 is 14.1 Å². The number of hydrogen-bond donors (Lipinski definition) is 0. The zero-order chi connectivity index (χ0) is 25.9. The van der Waals surface area contributed by atoms with Gasteiger partial charge in [-0.1, -0.05) is 24.3 Å². The van der Waals surface area contributed by atoms with E-state index in [0.29, 0.717) is 39.5 Å². The number of methoxy groups -OCH3 is 1. The van der Waals surface area contributed by atoms with E-state index < -0.39 is 6.04 Å². The predicted molar refractivity (Wildman–Crippen MR) is 142 cm³/mol. The highest BCUT2D eigenvalue weighted by Gasteiger charge is 2.28. The van der Waals surface area contributed by atoms with Gasteiger partial charge >= 0.3 is 0 Å². The molecule has 0 aliphatic carbocycles. The minimum atomic E-state index is -0.572. The molecule has 7 heteroatoms. The highest BCUT2D eigenvalue weighted by Crippen LogP contribution is 2.27. The van der Waals surface area contributed by atoms with Gasteiger partial charge in [-0.3, -0.25) is 14.2 Å². The Bertz CT molecular complexity index is 1600. The molecular weight excluding hydrogens is 466 g/mol. The van der Waals surface area contributed by atoms with Crippen molar-refractivity contribution < 1.29 is 13.9 Å². The average Bonchev–Trinajstić information content (AvgIpc) is 3.44. The molecule has 0 bridgehead atoms. The van der Waals surface area contributed by atoms with E-state index in [1.54, 1.807) is 59.2 Å². The number of fused-ring (bicyclic) bond motifs is 1. The van der Waals surface area contributed by atoms with Crippen LogP contribution < -0.4 is 10.3 Å². The zero-order valence-corrected chi connectivity index (χ0v) is 20.9. The summed E-state index contributed by atoms with van der Waals surface area (Å²) < 4.78 is 12.5. The molecule has 1 amide bonds. The van der Waals surface area contributed by atoms with E-state index in [1.165, 1.54) is 0 Å². The number of furan rings is 1. The first-order chi connectivity index (χ1) is 18.0. The fraction of sp³-hybridized carbons (Fsp3) is 0.167. The van der Waals surface area contributed by atoms with E-state index in [1.807, 2.05) is 62.4 Å². The molecule has 0 aliphatic rings. The maximum absolute atomic E-state index is 13.9. The van der Waals surface area contributed by atoms with E-state index in [4.69, 9.17) is 14.1 Å². The van der Waals surface area contributed by atoms with Gasteiger partial charge in [0.15, 0.2) is 0 Å². The van der Waals surface area contributed by atoms with Gasteiger partial charge in [-0.15, -0.1) is 0 Å². The van der Waals surface area contributed by atoms with Crippen LogP contribution in [0.5, 0.6) is 5.75 Å². The van der Waals surface area contributed by atoms with Gasteiger partial charge in [0.05, 0.1) is 42.5 Å². The number of hydrogen-bond acceptors (Lipinski definition) is 5. The summed E-state index contributed by atoms with van der Waals surface area (Å²) in [6.07, 6.45) is 1.58. The maximum Gasteiger partial charge on any atom is 0.266 e. The molecule has 0 saturated carbocycles. The second-order valence-electron chi connectivity index (χ2n) is 8.88. The normalized spacial score (nSPS) is 11.9. The van der Waals surface area contributed by atoms with Crippen LogP contribution in [0, 0.1) is 6.92 Å². The van der Waals surface area contributed by atoms with Crippen molar-refractivity contribution in [2.45, 2.75) is 26.4 Å². The van der Waals surface area contributed by atoms with Crippen molar-refractivity contribution in [1.29, 1.82) is 0 Å². The molecule has 0 aliphatic heterocycles. The van der Waals surface area contributed by atoms with Crippen molar-refractivity contribution in [3.05, 3.63) is 124 Å². The van der Waals surface area contributed by atoms with Gasteiger partial charge in [0.25, 0.3) is 11.5 Å². The van der Waals surface area contributed by atoms with Crippen LogP contribution in [-0.2, 0) is 6.54 Å². The second-order valence-corrected chi connectivity index (χ2v) is 8.88. The molecular formula is C30H27N3O4. The quantitative estimate of drug-likeness (QED) is 0.291. The molecule has 0 N–H and O–H groups in total. The number of benzene rings is 3. The van der Waals surface area contributed by atoms with Crippen molar-refractivity contribution in [2.75, 3.05) is 7.11 Å². The molecule has 0 fully saturated rings. The summed E-state index contributed by atoms with van der Waals surface area (Å²) in [5, 5.41) is 0.513. The standard InChI is InChI=1S/C30H27N3O4/c1-20-8-6-9-23(18-20)33-28(31-27-12-5-4-11-26(27)30(33)35)21(2)32(19-25-10-7-17-37-25)29(34)22-13-15-24(36-3)16-14-22/h4-18,21H,19H2,1-3H3. The topological polar surface area (TPSA) is 77.6 Å². The summed E-state index contributed by atoms with van der Waals surface area (Å²) in [6, 6.07) is 25.0. The fourth-order valence-electron chi connectivity index (χ4n) is 4.44. The molecule has 3 aromatic carbocycles. The lowest BCUT2D eigenvalue weighted by molar-refractivity contribution is 0.0648. The maximum atomic E-state index is 13.9. The summed E-state index contributed by atoms with van der Waals surface area (Å²) in [6.45, 7) is 4.06. The number of para-hydroxylation sites is 1. The summed E-state index contributed by atoms with van der Waals surface area (Å²) in [5.74, 6) is 1.53. The SMILES string of the molecule is COc1ccc(C(=O)N(Cc2ccco2)C(C)c2nc3ccccc3c(=O)n2-c2cccc(C)c2)cc1. The number of aromatic nitrogens is 2. The number of ether oxygens (including phenoxy) is 1. The Morgan fingerprint density at radius 3 is 2.51 bits per heavy atom.